The van der Waals surface area contributed by atoms with Crippen molar-refractivity contribution in [3.8, 4) is 0 Å². The zero-order chi connectivity index (χ0) is 16.9. The molecule has 0 spiro atoms. The number of nitrogen functional groups attached to an aromatic ring is 1. The lowest BCUT2D eigenvalue weighted by Crippen LogP contribution is -2.14. The fraction of sp³-hybridized carbons (Fsp3) is 0.0588. The second kappa shape index (κ2) is 6.74. The summed E-state index contributed by atoms with van der Waals surface area (Å²) in [6.45, 7) is 0. The first-order chi connectivity index (χ1) is 11.6. The molecule has 7 nitrogen and oxygen atoms in total. The molecule has 3 rings (SSSR count). The van der Waals surface area contributed by atoms with Gasteiger partial charge in [0, 0.05) is 18.3 Å². The van der Waals surface area contributed by atoms with Gasteiger partial charge >= 0.3 is 0 Å². The average Bonchev–Trinajstić information content (AvgIpc) is 2.62. The van der Waals surface area contributed by atoms with Gasteiger partial charge in [-0.1, -0.05) is 6.07 Å². The number of benzene rings is 1. The summed E-state index contributed by atoms with van der Waals surface area (Å²) in [6.07, 6.45) is 8.15. The number of anilines is 4. The number of hydrogen-bond acceptors (Lipinski definition) is 6. The molecule has 7 heteroatoms. The van der Waals surface area contributed by atoms with Gasteiger partial charge in [-0.05, 0) is 24.3 Å². The van der Waals surface area contributed by atoms with E-state index in [4.69, 9.17) is 5.73 Å². The van der Waals surface area contributed by atoms with Gasteiger partial charge < -0.3 is 16.0 Å². The second-order valence-electron chi connectivity index (χ2n) is 5.17. The van der Waals surface area contributed by atoms with Crippen LogP contribution in [0, 0.1) is 0 Å². The van der Waals surface area contributed by atoms with Crippen LogP contribution < -0.4 is 16.0 Å². The minimum absolute atomic E-state index is 0.244. The highest BCUT2D eigenvalue weighted by Crippen LogP contribution is 2.23. The van der Waals surface area contributed by atoms with Gasteiger partial charge in [0.2, 0.25) is 0 Å². The second-order valence-corrected chi connectivity index (χ2v) is 5.17. The van der Waals surface area contributed by atoms with Crippen molar-refractivity contribution in [1.29, 1.82) is 0 Å². The third-order valence-electron chi connectivity index (χ3n) is 3.45. The van der Waals surface area contributed by atoms with E-state index in [1.165, 1.54) is 6.33 Å². The number of nitrogens with zero attached hydrogens (tertiary/aromatic N) is 4. The maximum absolute atomic E-state index is 12.3. The first kappa shape index (κ1) is 15.4. The number of nitrogens with one attached hydrogen (secondary N) is 1. The minimum Gasteiger partial charge on any atom is -0.399 e. The zero-order valence-electron chi connectivity index (χ0n) is 13.0. The highest BCUT2D eigenvalue weighted by molar-refractivity contribution is 6.04. The van der Waals surface area contributed by atoms with Gasteiger partial charge in [-0.2, -0.15) is 0 Å². The summed E-state index contributed by atoms with van der Waals surface area (Å²) < 4.78 is 0. The van der Waals surface area contributed by atoms with Gasteiger partial charge in [0.05, 0.1) is 41.8 Å². The average molecular weight is 320 g/mol. The summed E-state index contributed by atoms with van der Waals surface area (Å²) in [5.74, 6) is -0.244. The SMILES string of the molecule is CN(c1cncnc1)c1cncc(NC(=O)c2cccc(N)c2)c1. The number of nitrogens with two attached hydrogens (primary N) is 1. The molecule has 3 N–H and O–H groups in total. The Morgan fingerprint density at radius 3 is 2.54 bits per heavy atom. The monoisotopic (exact) mass is 320 g/mol. The molecule has 24 heavy (non-hydrogen) atoms. The molecule has 1 amide bonds. The Hall–Kier alpha value is -3.48. The van der Waals surface area contributed by atoms with Crippen molar-refractivity contribution < 1.29 is 4.79 Å². The van der Waals surface area contributed by atoms with Gasteiger partial charge in [0.25, 0.3) is 5.91 Å². The van der Waals surface area contributed by atoms with E-state index >= 15 is 0 Å². The van der Waals surface area contributed by atoms with Crippen LogP contribution in [-0.4, -0.2) is 27.9 Å². The Morgan fingerprint density at radius 1 is 1.04 bits per heavy atom. The van der Waals surface area contributed by atoms with Gasteiger partial charge in [-0.25, -0.2) is 9.97 Å². The molecule has 2 heterocycles. The Balaban J connectivity index is 1.79. The van der Waals surface area contributed by atoms with Gasteiger partial charge in [-0.15, -0.1) is 0 Å². The fourth-order valence-corrected chi connectivity index (χ4v) is 2.18. The summed E-state index contributed by atoms with van der Waals surface area (Å²) >= 11 is 0. The molecule has 120 valence electrons. The lowest BCUT2D eigenvalue weighted by Gasteiger charge is -2.18. The first-order valence-electron chi connectivity index (χ1n) is 7.24. The predicted octanol–water partition coefficient (Wildman–Crippen LogP) is 2.47. The Kier molecular flexibility index (Phi) is 4.33. The first-order valence-corrected chi connectivity index (χ1v) is 7.24. The molecule has 0 bridgehead atoms. The molecule has 0 radical (unpaired) electrons. The third kappa shape index (κ3) is 3.46. The lowest BCUT2D eigenvalue weighted by atomic mass is 10.2. The van der Waals surface area contributed by atoms with E-state index in [0.29, 0.717) is 16.9 Å². The van der Waals surface area contributed by atoms with E-state index in [0.717, 1.165) is 11.4 Å². The van der Waals surface area contributed by atoms with Crippen LogP contribution in [0.2, 0.25) is 0 Å². The zero-order valence-corrected chi connectivity index (χ0v) is 13.0. The maximum Gasteiger partial charge on any atom is 0.255 e. The molecular formula is C17H16N6O. The van der Waals surface area contributed by atoms with Gasteiger partial charge in [-0.3, -0.25) is 9.78 Å². The van der Waals surface area contributed by atoms with Crippen LogP contribution in [0.3, 0.4) is 0 Å². The van der Waals surface area contributed by atoms with Crippen molar-refractivity contribution in [2.24, 2.45) is 0 Å². The van der Waals surface area contributed by atoms with Crippen LogP contribution in [0.1, 0.15) is 10.4 Å². The van der Waals surface area contributed by atoms with E-state index in [2.05, 4.69) is 20.3 Å². The van der Waals surface area contributed by atoms with E-state index in [1.54, 1.807) is 49.1 Å². The van der Waals surface area contributed by atoms with Crippen LogP contribution >= 0.6 is 0 Å². The summed E-state index contributed by atoms with van der Waals surface area (Å²) in [7, 11) is 1.87. The van der Waals surface area contributed by atoms with E-state index < -0.39 is 0 Å². The van der Waals surface area contributed by atoms with E-state index in [9.17, 15) is 4.79 Å². The normalized spacial score (nSPS) is 10.2. The van der Waals surface area contributed by atoms with Crippen LogP contribution in [0.4, 0.5) is 22.7 Å². The summed E-state index contributed by atoms with van der Waals surface area (Å²) in [4.78, 5) is 26.3. The third-order valence-corrected chi connectivity index (χ3v) is 3.45. The number of carbonyl (C=O) groups is 1. The van der Waals surface area contributed by atoms with E-state index in [-0.39, 0.29) is 5.91 Å². The topological polar surface area (TPSA) is 97.0 Å². The van der Waals surface area contributed by atoms with Crippen molar-refractivity contribution in [3.63, 3.8) is 0 Å². The number of carbonyl (C=O) groups excluding carboxylic acids is 1. The lowest BCUT2D eigenvalue weighted by molar-refractivity contribution is 0.102. The molecule has 0 fully saturated rings. The van der Waals surface area contributed by atoms with Crippen LogP contribution in [0.15, 0.2) is 61.4 Å². The maximum atomic E-state index is 12.3. The minimum atomic E-state index is -0.244. The standard InChI is InChI=1S/C17H16N6O/c1-23(16-9-20-11-21-10-16)15-6-14(7-19-8-15)22-17(24)12-3-2-4-13(18)5-12/h2-11H,18H2,1H3,(H,22,24). The molecule has 0 aliphatic rings. The number of hydrogen-bond donors (Lipinski definition) is 2. The molecular weight excluding hydrogens is 304 g/mol. The van der Waals surface area contributed by atoms with Gasteiger partial charge in [0.15, 0.2) is 0 Å². The van der Waals surface area contributed by atoms with Gasteiger partial charge in [0.1, 0.15) is 6.33 Å². The molecule has 0 unspecified atom stereocenters. The molecule has 1 aromatic carbocycles. The molecule has 3 aromatic rings. The van der Waals surface area contributed by atoms with Crippen molar-refractivity contribution in [3.05, 3.63) is 67.0 Å². The number of pyridine rings is 1. The summed E-state index contributed by atoms with van der Waals surface area (Å²) in [5, 5.41) is 2.82. The number of rotatable bonds is 4. The van der Waals surface area contributed by atoms with Crippen molar-refractivity contribution in [2.45, 2.75) is 0 Å². The molecule has 0 saturated heterocycles. The van der Waals surface area contributed by atoms with Crippen molar-refractivity contribution >= 4 is 28.7 Å². The summed E-state index contributed by atoms with van der Waals surface area (Å²) in [6, 6.07) is 8.62. The molecule has 0 aliphatic carbocycles. The largest absolute Gasteiger partial charge is 0.399 e. The fourth-order valence-electron chi connectivity index (χ4n) is 2.18. The molecule has 0 atom stereocenters. The molecule has 0 aliphatic heterocycles. The van der Waals surface area contributed by atoms with Crippen LogP contribution in [0.5, 0.6) is 0 Å². The molecule has 0 saturated carbocycles. The van der Waals surface area contributed by atoms with Crippen LogP contribution in [-0.2, 0) is 0 Å². The Morgan fingerprint density at radius 2 is 1.79 bits per heavy atom. The highest BCUT2D eigenvalue weighted by atomic mass is 16.1. The van der Waals surface area contributed by atoms with Crippen molar-refractivity contribution in [1.82, 2.24) is 15.0 Å². The summed E-state index contributed by atoms with van der Waals surface area (Å²) in [5.41, 5.74) is 8.94. The predicted molar refractivity (Wildman–Crippen MR) is 93.1 cm³/mol. The molecule has 2 aromatic heterocycles. The van der Waals surface area contributed by atoms with E-state index in [1.807, 2.05) is 18.0 Å². The van der Waals surface area contributed by atoms with Crippen molar-refractivity contribution in [2.75, 3.05) is 23.0 Å². The number of aromatic nitrogens is 3. The Labute approximate surface area is 139 Å². The number of amides is 1. The Bertz CT molecular complexity index is 852. The van der Waals surface area contributed by atoms with Crippen LogP contribution in [0.25, 0.3) is 0 Å². The quantitative estimate of drug-likeness (QED) is 0.717. The highest BCUT2D eigenvalue weighted by Gasteiger charge is 2.09. The smallest absolute Gasteiger partial charge is 0.255 e.